The maximum absolute atomic E-state index is 12.8. The molecule has 6 rings (SSSR count). The molecule has 16 nitrogen and oxygen atoms in total. The molecule has 4 aromatic rings. The zero-order chi connectivity index (χ0) is 38.9. The third kappa shape index (κ3) is 10.6. The molecule has 4 heterocycles. The second kappa shape index (κ2) is 18.0. The molecule has 0 radical (unpaired) electrons. The topological polar surface area (TPSA) is 228 Å². The Hall–Kier alpha value is -4.84. The summed E-state index contributed by atoms with van der Waals surface area (Å²) in [6.07, 6.45) is 7.22. The van der Waals surface area contributed by atoms with Crippen molar-refractivity contribution in [3.63, 3.8) is 0 Å². The fourth-order valence-electron chi connectivity index (χ4n) is 6.51. The lowest BCUT2D eigenvalue weighted by molar-refractivity contribution is -0.121. The van der Waals surface area contributed by atoms with E-state index in [1.165, 1.54) is 24.5 Å². The molecule has 18 heteroatoms. The predicted molar refractivity (Wildman–Crippen MR) is 200 cm³/mol. The molecule has 0 bridgehead atoms. The molecule has 0 saturated heterocycles. The molecule has 54 heavy (non-hydrogen) atoms. The van der Waals surface area contributed by atoms with Gasteiger partial charge in [0, 0.05) is 36.4 Å². The number of pyridine rings is 2. The summed E-state index contributed by atoms with van der Waals surface area (Å²) in [5.41, 5.74) is 0. The summed E-state index contributed by atoms with van der Waals surface area (Å²) >= 11 is 0. The number of nitrogens with one attached hydrogen (secondary N) is 4. The average molecular weight is 785 g/mol. The minimum Gasteiger partial charge on any atom is -0.474 e. The third-order valence-electron chi connectivity index (χ3n) is 9.07. The van der Waals surface area contributed by atoms with Gasteiger partial charge in [0.2, 0.25) is 23.6 Å². The normalized spacial score (nSPS) is 20.4. The van der Waals surface area contributed by atoms with E-state index >= 15 is 0 Å². The third-order valence-corrected chi connectivity index (χ3v) is 13.3. The quantitative estimate of drug-likeness (QED) is 0.147. The Morgan fingerprint density at radius 1 is 0.667 bits per heavy atom. The molecule has 4 N–H and O–H groups in total. The number of hydrogen-bond acceptors (Lipinski definition) is 12. The molecule has 4 atom stereocenters. The van der Waals surface area contributed by atoms with Gasteiger partial charge in [-0.15, -0.1) is 10.2 Å². The van der Waals surface area contributed by atoms with Crippen LogP contribution in [0.5, 0.6) is 11.8 Å². The maximum Gasteiger partial charge on any atom is 0.234 e. The van der Waals surface area contributed by atoms with E-state index < -0.39 is 30.2 Å². The van der Waals surface area contributed by atoms with Crippen LogP contribution in [0.3, 0.4) is 0 Å². The van der Waals surface area contributed by atoms with Crippen molar-refractivity contribution in [1.82, 2.24) is 30.4 Å². The molecule has 2 amide bonds. The van der Waals surface area contributed by atoms with Crippen LogP contribution in [-0.4, -0.2) is 81.7 Å². The Balaban J connectivity index is 0.000000208. The zero-order valence-electron chi connectivity index (χ0n) is 30.8. The molecule has 0 aliphatic heterocycles. The van der Waals surface area contributed by atoms with Gasteiger partial charge in [0.25, 0.3) is 0 Å². The van der Waals surface area contributed by atoms with E-state index in [2.05, 4.69) is 41.0 Å². The number of ether oxygens (including phenoxy) is 2. The van der Waals surface area contributed by atoms with Gasteiger partial charge in [-0.25, -0.2) is 26.8 Å². The van der Waals surface area contributed by atoms with Crippen molar-refractivity contribution in [3.8, 4) is 11.8 Å². The van der Waals surface area contributed by atoms with Crippen LogP contribution in [0.25, 0.3) is 0 Å². The number of hydrogen-bond donors (Lipinski definition) is 4. The Morgan fingerprint density at radius 2 is 1.07 bits per heavy atom. The fourth-order valence-corrected chi connectivity index (χ4v) is 10.1. The van der Waals surface area contributed by atoms with E-state index in [0.29, 0.717) is 61.9 Å². The van der Waals surface area contributed by atoms with E-state index in [1.54, 1.807) is 36.4 Å². The lowest BCUT2D eigenvalue weighted by atomic mass is 9.88. The average Bonchev–Trinajstić information content (AvgIpc) is 3.80. The van der Waals surface area contributed by atoms with Crippen LogP contribution in [0, 0.1) is 11.8 Å². The van der Waals surface area contributed by atoms with Crippen LogP contribution in [-0.2, 0) is 29.3 Å². The molecule has 0 unspecified atom stereocenters. The maximum atomic E-state index is 12.8. The highest BCUT2D eigenvalue weighted by molar-refractivity contribution is 7.92. The Kier molecular flexibility index (Phi) is 13.4. The van der Waals surface area contributed by atoms with E-state index in [1.807, 2.05) is 27.7 Å². The van der Waals surface area contributed by atoms with Gasteiger partial charge < -0.3 is 20.1 Å². The van der Waals surface area contributed by atoms with E-state index in [4.69, 9.17) is 9.47 Å². The number of carbonyl (C=O) groups excluding carboxylic acids is 2. The van der Waals surface area contributed by atoms with Crippen LogP contribution in [0.15, 0.2) is 71.0 Å². The van der Waals surface area contributed by atoms with E-state index in [-0.39, 0.29) is 58.8 Å². The van der Waals surface area contributed by atoms with Crippen molar-refractivity contribution >= 4 is 43.1 Å². The van der Waals surface area contributed by atoms with Crippen molar-refractivity contribution in [2.24, 2.45) is 11.8 Å². The van der Waals surface area contributed by atoms with Gasteiger partial charge in [0.05, 0.1) is 22.7 Å². The molecule has 2 aliphatic rings. The SMILES string of the molecule is CC(C)Oc1cc(NC(=O)[C@@H]2CCC[C@@H](S(=O)(=O)c3ccccn3)C2)[nH]n1.CC(C)Oc1cc(NC(=O)[C@@H]2CCC[C@H](S(=O)(=O)c3ccccn3)C2)[nH]n1. The second-order valence-electron chi connectivity index (χ2n) is 13.9. The highest BCUT2D eigenvalue weighted by atomic mass is 32.2. The number of amides is 2. The molecule has 2 aliphatic carbocycles. The lowest BCUT2D eigenvalue weighted by Gasteiger charge is -2.27. The van der Waals surface area contributed by atoms with E-state index in [9.17, 15) is 26.4 Å². The second-order valence-corrected chi connectivity index (χ2v) is 18.3. The number of aromatic amines is 2. The predicted octanol–water partition coefficient (Wildman–Crippen LogP) is 5.13. The van der Waals surface area contributed by atoms with Crippen LogP contribution in [0.2, 0.25) is 0 Å². The van der Waals surface area contributed by atoms with Gasteiger partial charge in [-0.3, -0.25) is 19.8 Å². The minimum atomic E-state index is -3.54. The fraction of sp³-hybridized carbons (Fsp3) is 0.500. The summed E-state index contributed by atoms with van der Waals surface area (Å²) < 4.78 is 62.1. The number of rotatable bonds is 12. The van der Waals surface area contributed by atoms with E-state index in [0.717, 1.165) is 0 Å². The number of carbonyl (C=O) groups is 2. The van der Waals surface area contributed by atoms with Crippen molar-refractivity contribution in [2.75, 3.05) is 10.6 Å². The summed E-state index contributed by atoms with van der Waals surface area (Å²) in [4.78, 5) is 33.1. The molecule has 4 aromatic heterocycles. The standard InChI is InChI=1S/2C18H24N4O4S/c2*1-12(2)26-16-11-15(21-22-16)20-18(23)13-6-5-7-14(10-13)27(24,25)17-8-3-4-9-19-17/h2*3-4,8-9,11-14H,5-7,10H2,1-2H3,(H2,20,21,22,23)/t13-,14+;13-,14-/m11/s1. The van der Waals surface area contributed by atoms with Crippen molar-refractivity contribution < 1.29 is 35.9 Å². The van der Waals surface area contributed by atoms with Gasteiger partial charge >= 0.3 is 0 Å². The number of sulfone groups is 2. The molecule has 292 valence electrons. The van der Waals surface area contributed by atoms with Crippen LogP contribution in [0.4, 0.5) is 11.6 Å². The molecule has 2 fully saturated rings. The van der Waals surface area contributed by atoms with Crippen molar-refractivity contribution in [1.29, 1.82) is 0 Å². The zero-order valence-corrected chi connectivity index (χ0v) is 32.4. The number of nitrogens with zero attached hydrogens (tertiary/aromatic N) is 4. The van der Waals surface area contributed by atoms with Crippen molar-refractivity contribution in [2.45, 2.75) is 112 Å². The number of aromatic nitrogens is 6. The molecule has 2 saturated carbocycles. The first-order valence-corrected chi connectivity index (χ1v) is 21.2. The van der Waals surface area contributed by atoms with Crippen LogP contribution >= 0.6 is 0 Å². The molecule has 0 aromatic carbocycles. The lowest BCUT2D eigenvalue weighted by Crippen LogP contribution is -2.34. The van der Waals surface area contributed by atoms with Gasteiger partial charge in [0.15, 0.2) is 29.7 Å². The summed E-state index contributed by atoms with van der Waals surface area (Å²) in [6, 6.07) is 12.9. The monoisotopic (exact) mass is 784 g/mol. The first kappa shape index (κ1) is 40.3. The first-order chi connectivity index (χ1) is 25.7. The molecular weight excluding hydrogens is 737 g/mol. The highest BCUT2D eigenvalue weighted by Gasteiger charge is 2.37. The van der Waals surface area contributed by atoms with Gasteiger partial charge in [-0.2, -0.15) is 0 Å². The molecular formula is C36H48N8O8S2. The van der Waals surface area contributed by atoms with Gasteiger partial charge in [0.1, 0.15) is 11.6 Å². The van der Waals surface area contributed by atoms with Gasteiger partial charge in [-0.1, -0.05) is 25.0 Å². The van der Waals surface area contributed by atoms with Crippen LogP contribution in [0.1, 0.15) is 79.1 Å². The van der Waals surface area contributed by atoms with Gasteiger partial charge in [-0.05, 0) is 90.5 Å². The molecule has 0 spiro atoms. The van der Waals surface area contributed by atoms with Crippen molar-refractivity contribution in [3.05, 3.63) is 60.9 Å². The Bertz CT molecular complexity index is 1910. The summed E-state index contributed by atoms with van der Waals surface area (Å²) in [6.45, 7) is 7.54. The minimum absolute atomic E-state index is 0.0206. The number of anilines is 2. The summed E-state index contributed by atoms with van der Waals surface area (Å²) in [5.74, 6) is 0.501. The summed E-state index contributed by atoms with van der Waals surface area (Å²) in [5, 5.41) is 17.9. The van der Waals surface area contributed by atoms with Crippen LogP contribution < -0.4 is 20.1 Å². The number of H-pyrrole nitrogens is 2. The Labute approximate surface area is 315 Å². The smallest absolute Gasteiger partial charge is 0.234 e. The largest absolute Gasteiger partial charge is 0.474 e. The highest BCUT2D eigenvalue weighted by Crippen LogP contribution is 2.34. The first-order valence-electron chi connectivity index (χ1n) is 18.1. The summed E-state index contributed by atoms with van der Waals surface area (Å²) in [7, 11) is -7.08. The Morgan fingerprint density at radius 3 is 1.43 bits per heavy atom.